The average molecular weight is 590 g/mol. The van der Waals surface area contributed by atoms with Crippen LogP contribution in [0.3, 0.4) is 0 Å². The first-order chi connectivity index (χ1) is 19.7. The molecule has 41 heavy (non-hydrogen) atoms. The van der Waals surface area contributed by atoms with Gasteiger partial charge in [-0.2, -0.15) is 0 Å². The van der Waals surface area contributed by atoms with Gasteiger partial charge in [-0.1, -0.05) is 52.9 Å². The molecule has 0 saturated carbocycles. The molecule has 0 bridgehead atoms. The van der Waals surface area contributed by atoms with Crippen LogP contribution in [0.5, 0.6) is 5.75 Å². The molecule has 3 aromatic carbocycles. The number of nitrogens with one attached hydrogen (secondary N) is 1. The third-order valence-corrected chi connectivity index (χ3v) is 9.85. The molecule has 1 fully saturated rings. The number of ether oxygens (including phenoxy) is 1. The lowest BCUT2D eigenvalue weighted by atomic mass is 9.83. The van der Waals surface area contributed by atoms with E-state index in [1.54, 1.807) is 31.4 Å². The van der Waals surface area contributed by atoms with E-state index in [-0.39, 0.29) is 23.0 Å². The van der Waals surface area contributed by atoms with Crippen molar-refractivity contribution in [3.63, 3.8) is 0 Å². The number of carbonyl (C=O) groups excluding carboxylic acids is 3. The molecule has 3 heterocycles. The van der Waals surface area contributed by atoms with Crippen LogP contribution in [0, 0.1) is 18.7 Å². The van der Waals surface area contributed by atoms with Gasteiger partial charge in [0.15, 0.2) is 0 Å². The Morgan fingerprint density at radius 3 is 2.29 bits per heavy atom. The average Bonchev–Trinajstić information content (AvgIpc) is 3.41. The molecule has 0 aliphatic carbocycles. The molecule has 11 heteroatoms. The highest BCUT2D eigenvalue weighted by atomic mass is 32.2. The van der Waals surface area contributed by atoms with Crippen LogP contribution < -0.4 is 19.8 Å². The molecule has 2 unspecified atom stereocenters. The smallest absolute Gasteiger partial charge is 0.308 e. The summed E-state index contributed by atoms with van der Waals surface area (Å²) in [5.74, 6) is -2.52. The number of nitrogens with zero attached hydrogens (tertiary/aromatic N) is 2. The van der Waals surface area contributed by atoms with E-state index >= 15 is 0 Å². The van der Waals surface area contributed by atoms with Gasteiger partial charge < -0.3 is 10.1 Å². The zero-order valence-corrected chi connectivity index (χ0v) is 23.6. The van der Waals surface area contributed by atoms with Gasteiger partial charge in [0, 0.05) is 16.5 Å². The maximum Gasteiger partial charge on any atom is 0.308 e. The van der Waals surface area contributed by atoms with E-state index in [0.29, 0.717) is 21.3 Å². The van der Waals surface area contributed by atoms with E-state index < -0.39 is 34.7 Å². The highest BCUT2D eigenvalue weighted by Gasteiger charge is 2.56. The molecule has 2 aliphatic rings. The summed E-state index contributed by atoms with van der Waals surface area (Å²) in [7, 11) is 1.55. The summed E-state index contributed by atoms with van der Waals surface area (Å²) < 4.78 is 20.3. The van der Waals surface area contributed by atoms with Crippen molar-refractivity contribution in [1.82, 2.24) is 4.57 Å². The fourth-order valence-electron chi connectivity index (χ4n) is 5.25. The summed E-state index contributed by atoms with van der Waals surface area (Å²) in [5.41, 5.74) is 2.67. The minimum absolute atomic E-state index is 0.248. The number of methoxy groups -OCH3 is 1. The number of thioether (sulfide) groups is 1. The largest absolute Gasteiger partial charge is 0.497 e. The molecule has 2 aliphatic heterocycles. The van der Waals surface area contributed by atoms with Crippen molar-refractivity contribution in [3.8, 4) is 5.75 Å². The zero-order chi connectivity index (χ0) is 28.8. The van der Waals surface area contributed by atoms with Crippen LogP contribution in [0.15, 0.2) is 82.6 Å². The van der Waals surface area contributed by atoms with Crippen molar-refractivity contribution >= 4 is 52.2 Å². The minimum Gasteiger partial charge on any atom is -0.497 e. The Hall–Kier alpha value is -4.22. The number of anilines is 2. The quantitative estimate of drug-likeness (QED) is 0.325. The third kappa shape index (κ3) is 4.85. The summed E-state index contributed by atoms with van der Waals surface area (Å²) in [5, 5.41) is 2.46. The topological polar surface area (TPSA) is 97.7 Å². The van der Waals surface area contributed by atoms with Crippen molar-refractivity contribution in [2.45, 2.75) is 29.7 Å². The second-order valence-electron chi connectivity index (χ2n) is 9.84. The maximum absolute atomic E-state index is 13.9. The standard InChI is InChI=1S/C30H24FN3O5S2/c1-16-3-9-19(10-4-16)32-22(35)15-33-29-26(41-30(33)38)23(17-5-13-21(39-2)14-6-17)24-25(40-29)28(37)34(27(24)36)20-11-7-18(31)8-12-20/h3-14,23-25H,15H2,1-2H3,(H,32,35)/t23-,24?,25?/m1/s1. The van der Waals surface area contributed by atoms with Crippen molar-refractivity contribution < 1.29 is 23.5 Å². The number of halogens is 1. The molecule has 0 spiro atoms. The predicted molar refractivity (Wildman–Crippen MR) is 155 cm³/mol. The van der Waals surface area contributed by atoms with Gasteiger partial charge in [0.1, 0.15) is 23.4 Å². The Balaban J connectivity index is 1.40. The number of benzene rings is 3. The fourth-order valence-corrected chi connectivity index (χ4v) is 8.02. The molecule has 1 aromatic heterocycles. The molecular weight excluding hydrogens is 565 g/mol. The number of aromatic nitrogens is 1. The van der Waals surface area contributed by atoms with Crippen LogP contribution in [0.2, 0.25) is 0 Å². The van der Waals surface area contributed by atoms with Gasteiger partial charge in [-0.05, 0) is 61.0 Å². The fraction of sp³-hybridized carbons (Fsp3) is 0.200. The first-order valence-electron chi connectivity index (χ1n) is 12.8. The summed E-state index contributed by atoms with van der Waals surface area (Å²) >= 11 is 2.10. The molecule has 3 atom stereocenters. The number of amides is 3. The number of fused-ring (bicyclic) bond motifs is 2. The van der Waals surface area contributed by atoms with Gasteiger partial charge in [0.05, 0.1) is 23.7 Å². The number of hydrogen-bond donors (Lipinski definition) is 1. The Bertz CT molecular complexity index is 1720. The number of carbonyl (C=O) groups is 3. The van der Waals surface area contributed by atoms with E-state index in [1.807, 2.05) is 31.2 Å². The van der Waals surface area contributed by atoms with Crippen molar-refractivity contribution in [3.05, 3.63) is 104 Å². The minimum atomic E-state index is -0.840. The van der Waals surface area contributed by atoms with Crippen molar-refractivity contribution in [1.29, 1.82) is 0 Å². The summed E-state index contributed by atoms with van der Waals surface area (Å²) in [6.07, 6.45) is 0. The molecule has 6 rings (SSSR count). The first kappa shape index (κ1) is 27.0. The molecular formula is C30H24FN3O5S2. The highest BCUT2D eigenvalue weighted by Crippen LogP contribution is 2.54. The van der Waals surface area contributed by atoms with Crippen LogP contribution >= 0.6 is 23.1 Å². The van der Waals surface area contributed by atoms with E-state index in [1.165, 1.54) is 28.8 Å². The molecule has 1 saturated heterocycles. The van der Waals surface area contributed by atoms with Gasteiger partial charge in [-0.25, -0.2) is 9.29 Å². The summed E-state index contributed by atoms with van der Waals surface area (Å²) in [4.78, 5) is 55.2. The van der Waals surface area contributed by atoms with E-state index in [9.17, 15) is 23.6 Å². The Morgan fingerprint density at radius 1 is 0.951 bits per heavy atom. The summed E-state index contributed by atoms with van der Waals surface area (Å²) in [6, 6.07) is 19.7. The van der Waals surface area contributed by atoms with Crippen LogP contribution in [-0.2, 0) is 20.9 Å². The van der Waals surface area contributed by atoms with Crippen molar-refractivity contribution in [2.24, 2.45) is 5.92 Å². The molecule has 4 aromatic rings. The number of thiazole rings is 1. The van der Waals surface area contributed by atoms with Gasteiger partial charge in [-0.15, -0.1) is 0 Å². The Morgan fingerprint density at radius 2 is 1.63 bits per heavy atom. The highest BCUT2D eigenvalue weighted by molar-refractivity contribution is 8.00. The molecule has 8 nitrogen and oxygen atoms in total. The normalized spacial score (nSPS) is 19.6. The zero-order valence-electron chi connectivity index (χ0n) is 22.0. The lowest BCUT2D eigenvalue weighted by molar-refractivity contribution is -0.122. The second-order valence-corrected chi connectivity index (χ2v) is 12.0. The lowest BCUT2D eigenvalue weighted by Crippen LogP contribution is -2.33. The first-order valence-corrected chi connectivity index (χ1v) is 14.5. The lowest BCUT2D eigenvalue weighted by Gasteiger charge is -2.30. The monoisotopic (exact) mass is 589 g/mol. The number of imide groups is 1. The number of hydrogen-bond acceptors (Lipinski definition) is 7. The van der Waals surface area contributed by atoms with E-state index in [4.69, 9.17) is 4.74 Å². The summed E-state index contributed by atoms with van der Waals surface area (Å²) in [6.45, 7) is 1.70. The molecule has 1 N–H and O–H groups in total. The van der Waals surface area contributed by atoms with Gasteiger partial charge in [0.25, 0.3) is 0 Å². The Kier molecular flexibility index (Phi) is 7.00. The second kappa shape index (κ2) is 10.6. The van der Waals surface area contributed by atoms with Gasteiger partial charge >= 0.3 is 4.87 Å². The predicted octanol–water partition coefficient (Wildman–Crippen LogP) is 4.80. The van der Waals surface area contributed by atoms with Crippen LogP contribution in [0.25, 0.3) is 0 Å². The number of rotatable bonds is 6. The van der Waals surface area contributed by atoms with Gasteiger partial charge in [0.2, 0.25) is 17.7 Å². The third-order valence-electron chi connectivity index (χ3n) is 7.25. The Labute approximate surface area is 242 Å². The van der Waals surface area contributed by atoms with Crippen LogP contribution in [0.1, 0.15) is 21.9 Å². The SMILES string of the molecule is COc1ccc([C@H]2c3sc(=O)n(CC(=O)Nc4ccc(C)cc4)c3SC3C(=O)N(c4ccc(F)cc4)C(=O)C32)cc1. The molecule has 208 valence electrons. The maximum atomic E-state index is 13.9. The molecule has 0 radical (unpaired) electrons. The van der Waals surface area contributed by atoms with Crippen LogP contribution in [0.4, 0.5) is 15.8 Å². The molecule has 3 amide bonds. The van der Waals surface area contributed by atoms with Crippen molar-refractivity contribution in [2.75, 3.05) is 17.3 Å². The van der Waals surface area contributed by atoms with E-state index in [2.05, 4.69) is 5.32 Å². The van der Waals surface area contributed by atoms with E-state index in [0.717, 1.165) is 39.1 Å². The van der Waals surface area contributed by atoms with Crippen LogP contribution in [-0.4, -0.2) is 34.6 Å². The number of aryl methyl sites for hydroxylation is 1. The van der Waals surface area contributed by atoms with Gasteiger partial charge in [-0.3, -0.25) is 23.7 Å².